The van der Waals surface area contributed by atoms with Crippen molar-refractivity contribution in [3.05, 3.63) is 59.7 Å². The SMILES string of the molecule is O=C1C[C@@H](C(=O)OCc2cc(-c3ccco3)on2)c2ccc(F)cc2N1. The van der Waals surface area contributed by atoms with Crippen molar-refractivity contribution in [1.82, 2.24) is 5.16 Å². The van der Waals surface area contributed by atoms with Gasteiger partial charge in [0.15, 0.2) is 5.76 Å². The van der Waals surface area contributed by atoms with Gasteiger partial charge in [0.2, 0.25) is 11.7 Å². The molecule has 26 heavy (non-hydrogen) atoms. The Hall–Kier alpha value is -3.42. The standard InChI is InChI=1S/C18H13FN2O5/c19-10-3-4-12-13(8-17(22)20-14(12)6-10)18(23)25-9-11-7-16(26-21-11)15-2-1-5-24-15/h1-7,13H,8-9H2,(H,20,22)/t13-/m1/s1. The smallest absolute Gasteiger partial charge is 0.314 e. The van der Waals surface area contributed by atoms with Crippen molar-refractivity contribution in [3.8, 4) is 11.5 Å². The maximum Gasteiger partial charge on any atom is 0.314 e. The molecule has 0 spiro atoms. The summed E-state index contributed by atoms with van der Waals surface area (Å²) in [5.74, 6) is -1.32. The number of carbonyl (C=O) groups is 2. The first-order valence-electron chi connectivity index (χ1n) is 7.85. The molecule has 1 aliphatic rings. The van der Waals surface area contributed by atoms with Crippen molar-refractivity contribution >= 4 is 17.6 Å². The summed E-state index contributed by atoms with van der Waals surface area (Å²) in [6.45, 7) is -0.113. The Morgan fingerprint density at radius 2 is 2.19 bits per heavy atom. The van der Waals surface area contributed by atoms with Crippen LogP contribution in [0.2, 0.25) is 0 Å². The zero-order valence-electron chi connectivity index (χ0n) is 13.4. The van der Waals surface area contributed by atoms with E-state index in [0.717, 1.165) is 0 Å². The van der Waals surface area contributed by atoms with Crippen molar-refractivity contribution in [2.75, 3.05) is 5.32 Å². The van der Waals surface area contributed by atoms with Gasteiger partial charge in [-0.3, -0.25) is 9.59 Å². The molecule has 0 aliphatic carbocycles. The molecule has 7 nitrogen and oxygen atoms in total. The Balaban J connectivity index is 1.46. The number of ether oxygens (including phenoxy) is 1. The minimum absolute atomic E-state index is 0.0616. The van der Waals surface area contributed by atoms with Gasteiger partial charge in [-0.15, -0.1) is 0 Å². The number of esters is 1. The van der Waals surface area contributed by atoms with Crippen molar-refractivity contribution in [2.45, 2.75) is 18.9 Å². The first-order chi connectivity index (χ1) is 12.6. The highest BCUT2D eigenvalue weighted by atomic mass is 19.1. The van der Waals surface area contributed by atoms with Crippen LogP contribution in [0.5, 0.6) is 0 Å². The van der Waals surface area contributed by atoms with Crippen LogP contribution in [-0.2, 0) is 20.9 Å². The van der Waals surface area contributed by atoms with Gasteiger partial charge >= 0.3 is 5.97 Å². The Morgan fingerprint density at radius 3 is 3.00 bits per heavy atom. The molecule has 1 N–H and O–H groups in total. The van der Waals surface area contributed by atoms with Gasteiger partial charge < -0.3 is 19.0 Å². The highest BCUT2D eigenvalue weighted by molar-refractivity contribution is 5.99. The number of anilines is 1. The van der Waals surface area contributed by atoms with Gasteiger partial charge in [0, 0.05) is 18.2 Å². The number of hydrogen-bond acceptors (Lipinski definition) is 6. The Morgan fingerprint density at radius 1 is 1.31 bits per heavy atom. The zero-order chi connectivity index (χ0) is 18.1. The molecule has 2 aromatic heterocycles. The van der Waals surface area contributed by atoms with E-state index in [-0.39, 0.29) is 24.6 Å². The lowest BCUT2D eigenvalue weighted by molar-refractivity contribution is -0.148. The number of carbonyl (C=O) groups excluding carboxylic acids is 2. The fourth-order valence-electron chi connectivity index (χ4n) is 2.81. The molecule has 8 heteroatoms. The van der Waals surface area contributed by atoms with E-state index in [4.69, 9.17) is 13.7 Å². The quantitative estimate of drug-likeness (QED) is 0.721. The molecule has 0 radical (unpaired) electrons. The van der Waals surface area contributed by atoms with Crippen molar-refractivity contribution in [1.29, 1.82) is 0 Å². The van der Waals surface area contributed by atoms with E-state index in [2.05, 4.69) is 10.5 Å². The molecule has 0 bridgehead atoms. The largest absolute Gasteiger partial charge is 0.461 e. The molecule has 3 aromatic rings. The third kappa shape index (κ3) is 3.08. The number of amides is 1. The summed E-state index contributed by atoms with van der Waals surface area (Å²) in [6, 6.07) is 8.92. The normalized spacial score (nSPS) is 16.0. The van der Waals surface area contributed by atoms with E-state index in [1.807, 2.05) is 0 Å². The predicted octanol–water partition coefficient (Wildman–Crippen LogP) is 3.24. The van der Waals surface area contributed by atoms with E-state index in [1.54, 1.807) is 18.2 Å². The second-order valence-electron chi connectivity index (χ2n) is 5.80. The lowest BCUT2D eigenvalue weighted by Gasteiger charge is -2.24. The van der Waals surface area contributed by atoms with Crippen LogP contribution in [0.25, 0.3) is 11.5 Å². The molecule has 1 aliphatic heterocycles. The van der Waals surface area contributed by atoms with E-state index in [9.17, 15) is 14.0 Å². The molecular formula is C18H13FN2O5. The Bertz CT molecular complexity index is 964. The summed E-state index contributed by atoms with van der Waals surface area (Å²) < 4.78 is 28.9. The average Bonchev–Trinajstić information content (AvgIpc) is 3.29. The molecule has 0 unspecified atom stereocenters. The summed E-state index contributed by atoms with van der Waals surface area (Å²) >= 11 is 0. The summed E-state index contributed by atoms with van der Waals surface area (Å²) in [5, 5.41) is 6.37. The van der Waals surface area contributed by atoms with E-state index >= 15 is 0 Å². The van der Waals surface area contributed by atoms with Crippen LogP contribution in [0.4, 0.5) is 10.1 Å². The topological polar surface area (TPSA) is 94.6 Å². The van der Waals surface area contributed by atoms with Crippen LogP contribution in [0.1, 0.15) is 23.6 Å². The van der Waals surface area contributed by atoms with Gasteiger partial charge in [0.25, 0.3) is 0 Å². The Labute approximate surface area is 146 Å². The van der Waals surface area contributed by atoms with E-state index in [0.29, 0.717) is 22.8 Å². The highest BCUT2D eigenvalue weighted by Gasteiger charge is 2.32. The van der Waals surface area contributed by atoms with Gasteiger partial charge in [-0.1, -0.05) is 11.2 Å². The summed E-state index contributed by atoms with van der Waals surface area (Å²) in [4.78, 5) is 24.2. The van der Waals surface area contributed by atoms with Crippen LogP contribution in [0, 0.1) is 5.82 Å². The third-order valence-electron chi connectivity index (χ3n) is 4.02. The van der Waals surface area contributed by atoms with E-state index < -0.39 is 17.7 Å². The molecule has 0 saturated heterocycles. The molecule has 3 heterocycles. The number of nitrogens with one attached hydrogen (secondary N) is 1. The minimum atomic E-state index is -0.796. The Kier molecular flexibility index (Phi) is 4.00. The van der Waals surface area contributed by atoms with Crippen LogP contribution in [0.3, 0.4) is 0 Å². The highest BCUT2D eigenvalue weighted by Crippen LogP contribution is 2.33. The molecule has 0 fully saturated rings. The number of aromatic nitrogens is 1. The molecule has 0 saturated carbocycles. The number of halogens is 1. The van der Waals surface area contributed by atoms with Crippen molar-refractivity contribution < 1.29 is 27.7 Å². The summed E-state index contributed by atoms with van der Waals surface area (Å²) in [6.07, 6.45) is 1.44. The van der Waals surface area contributed by atoms with Crippen LogP contribution >= 0.6 is 0 Å². The maximum atomic E-state index is 13.3. The van der Waals surface area contributed by atoms with E-state index in [1.165, 1.54) is 24.5 Å². The van der Waals surface area contributed by atoms with Crippen molar-refractivity contribution in [3.63, 3.8) is 0 Å². The van der Waals surface area contributed by atoms with Gasteiger partial charge in [-0.05, 0) is 29.8 Å². The fraction of sp³-hybridized carbons (Fsp3) is 0.167. The first-order valence-corrected chi connectivity index (χ1v) is 7.85. The second-order valence-corrected chi connectivity index (χ2v) is 5.80. The summed E-state index contributed by atoms with van der Waals surface area (Å²) in [5.41, 5.74) is 1.21. The monoisotopic (exact) mass is 356 g/mol. The number of rotatable bonds is 4. The molecule has 1 amide bonds. The fourth-order valence-corrected chi connectivity index (χ4v) is 2.81. The second kappa shape index (κ2) is 6.47. The van der Waals surface area contributed by atoms with Gasteiger partial charge in [0.05, 0.1) is 12.2 Å². The van der Waals surface area contributed by atoms with Crippen LogP contribution in [-0.4, -0.2) is 17.0 Å². The minimum Gasteiger partial charge on any atom is -0.461 e. The molecule has 132 valence electrons. The van der Waals surface area contributed by atoms with Crippen LogP contribution < -0.4 is 5.32 Å². The molecular weight excluding hydrogens is 343 g/mol. The average molecular weight is 356 g/mol. The number of fused-ring (bicyclic) bond motifs is 1. The van der Waals surface area contributed by atoms with Gasteiger partial charge in [-0.2, -0.15) is 0 Å². The molecule has 1 atom stereocenters. The zero-order valence-corrected chi connectivity index (χ0v) is 13.4. The van der Waals surface area contributed by atoms with Gasteiger partial charge in [-0.25, -0.2) is 4.39 Å². The first kappa shape index (κ1) is 16.1. The van der Waals surface area contributed by atoms with Crippen molar-refractivity contribution in [2.24, 2.45) is 0 Å². The number of benzene rings is 1. The number of furan rings is 1. The van der Waals surface area contributed by atoms with Gasteiger partial charge in [0.1, 0.15) is 18.1 Å². The summed E-state index contributed by atoms with van der Waals surface area (Å²) in [7, 11) is 0. The lowest BCUT2D eigenvalue weighted by Crippen LogP contribution is -2.28. The number of hydrogen-bond donors (Lipinski definition) is 1. The van der Waals surface area contributed by atoms with Crippen LogP contribution in [0.15, 0.2) is 51.6 Å². The predicted molar refractivity (Wildman–Crippen MR) is 86.4 cm³/mol. The third-order valence-corrected chi connectivity index (χ3v) is 4.02. The maximum absolute atomic E-state index is 13.3. The number of nitrogens with zero attached hydrogens (tertiary/aromatic N) is 1. The molecule has 4 rings (SSSR count). The molecule has 1 aromatic carbocycles. The lowest BCUT2D eigenvalue weighted by atomic mass is 9.90.